The summed E-state index contributed by atoms with van der Waals surface area (Å²) >= 11 is 5.57. The van der Waals surface area contributed by atoms with Crippen molar-refractivity contribution in [2.45, 2.75) is 25.7 Å². The molecule has 136 valence electrons. The van der Waals surface area contributed by atoms with Gasteiger partial charge in [0.1, 0.15) is 5.71 Å². The fourth-order valence-corrected chi connectivity index (χ4v) is 4.24. The van der Waals surface area contributed by atoms with Gasteiger partial charge in [-0.15, -0.1) is 0 Å². The fraction of sp³-hybridized carbons (Fsp3) is 0.450. The Morgan fingerprint density at radius 1 is 1.12 bits per heavy atom. The molecule has 0 atom stereocenters. The van der Waals surface area contributed by atoms with Gasteiger partial charge in [0.05, 0.1) is 17.8 Å². The lowest BCUT2D eigenvalue weighted by Gasteiger charge is -2.24. The zero-order chi connectivity index (χ0) is 17.9. The van der Waals surface area contributed by atoms with Crippen molar-refractivity contribution in [3.05, 3.63) is 42.1 Å². The molecule has 6 heteroatoms. The molecule has 1 aromatic carbocycles. The first-order chi connectivity index (χ1) is 12.7. The molecule has 2 bridgehead atoms. The molecule has 3 fully saturated rings. The minimum Gasteiger partial charge on any atom is -0.390 e. The number of nitrogens with zero attached hydrogens (tertiary/aromatic N) is 3. The monoisotopic (exact) mass is 368 g/mol. The van der Waals surface area contributed by atoms with Crippen molar-refractivity contribution >= 4 is 33.9 Å². The van der Waals surface area contributed by atoms with Crippen molar-refractivity contribution in [1.29, 1.82) is 0 Å². The van der Waals surface area contributed by atoms with Crippen molar-refractivity contribution in [2.75, 3.05) is 19.7 Å². The Kier molecular flexibility index (Phi) is 5.13. The maximum Gasteiger partial charge on any atom is 0.189 e. The highest BCUT2D eigenvalue weighted by molar-refractivity contribution is 7.80. The van der Waals surface area contributed by atoms with Crippen LogP contribution in [0.2, 0.25) is 0 Å². The average Bonchev–Trinajstić information content (AvgIpc) is 3.02. The number of pyridine rings is 1. The Labute approximate surface area is 159 Å². The highest BCUT2D eigenvalue weighted by atomic mass is 32.1. The van der Waals surface area contributed by atoms with Crippen LogP contribution in [0.3, 0.4) is 0 Å². The molecule has 26 heavy (non-hydrogen) atoms. The number of aromatic nitrogens is 1. The predicted octanol–water partition coefficient (Wildman–Crippen LogP) is 2.93. The van der Waals surface area contributed by atoms with Crippen molar-refractivity contribution in [2.24, 2.45) is 16.9 Å². The molecule has 1 saturated carbocycles. The third-order valence-corrected chi connectivity index (χ3v) is 5.89. The van der Waals surface area contributed by atoms with E-state index in [-0.39, 0.29) is 6.61 Å². The standard InChI is InChI=1S/C20H24N4OS/c25-13-19(18-10-9-16-3-1-2-4-17(16)21-18)22-23-20(26)24-11-14-5-6-15(12-24)8-7-14/h1-4,9-10,14-15,25H,5-8,11-13H2,(H,23,26)/b22-19-. The quantitative estimate of drug-likeness (QED) is 0.496. The van der Waals surface area contributed by atoms with E-state index in [1.807, 2.05) is 36.4 Å². The van der Waals surface area contributed by atoms with Crippen LogP contribution in [0.4, 0.5) is 0 Å². The van der Waals surface area contributed by atoms with Crippen LogP contribution in [0, 0.1) is 11.8 Å². The number of para-hydroxylation sites is 1. The lowest BCUT2D eigenvalue weighted by Crippen LogP contribution is -2.40. The molecule has 3 aliphatic rings. The van der Waals surface area contributed by atoms with Gasteiger partial charge < -0.3 is 10.0 Å². The summed E-state index contributed by atoms with van der Waals surface area (Å²) < 4.78 is 0. The summed E-state index contributed by atoms with van der Waals surface area (Å²) in [6.07, 6.45) is 5.26. The van der Waals surface area contributed by atoms with E-state index < -0.39 is 0 Å². The molecule has 5 nitrogen and oxygen atoms in total. The summed E-state index contributed by atoms with van der Waals surface area (Å²) in [5.41, 5.74) is 5.04. The van der Waals surface area contributed by atoms with E-state index >= 15 is 0 Å². The van der Waals surface area contributed by atoms with Crippen molar-refractivity contribution in [3.63, 3.8) is 0 Å². The van der Waals surface area contributed by atoms with Crippen LogP contribution in [0.5, 0.6) is 0 Å². The van der Waals surface area contributed by atoms with Gasteiger partial charge in [0, 0.05) is 18.5 Å². The van der Waals surface area contributed by atoms with Gasteiger partial charge in [0.2, 0.25) is 0 Å². The molecule has 2 N–H and O–H groups in total. The van der Waals surface area contributed by atoms with Crippen LogP contribution < -0.4 is 5.43 Å². The molecule has 1 aliphatic carbocycles. The van der Waals surface area contributed by atoms with E-state index in [1.165, 1.54) is 25.7 Å². The molecule has 2 saturated heterocycles. The third-order valence-electron chi connectivity index (χ3n) is 5.54. The second-order valence-electron chi connectivity index (χ2n) is 7.31. The molecule has 0 amide bonds. The Bertz CT molecular complexity index is 815. The number of rotatable bonds is 3. The smallest absolute Gasteiger partial charge is 0.189 e. The van der Waals surface area contributed by atoms with E-state index in [0.29, 0.717) is 16.5 Å². The molecule has 2 aromatic rings. The first-order valence-corrected chi connectivity index (χ1v) is 9.72. The zero-order valence-electron chi connectivity index (χ0n) is 14.8. The molecule has 3 heterocycles. The van der Waals surface area contributed by atoms with E-state index in [1.54, 1.807) is 0 Å². The number of aliphatic hydroxyl groups is 1. The van der Waals surface area contributed by atoms with E-state index in [0.717, 1.165) is 35.8 Å². The number of nitrogens with one attached hydrogen (secondary N) is 1. The van der Waals surface area contributed by atoms with Gasteiger partial charge in [-0.1, -0.05) is 24.3 Å². The van der Waals surface area contributed by atoms with E-state index in [9.17, 15) is 5.11 Å². The van der Waals surface area contributed by atoms with Crippen molar-refractivity contribution in [1.82, 2.24) is 15.3 Å². The Morgan fingerprint density at radius 3 is 2.50 bits per heavy atom. The minimum atomic E-state index is -0.188. The summed E-state index contributed by atoms with van der Waals surface area (Å²) in [6, 6.07) is 11.8. The largest absolute Gasteiger partial charge is 0.390 e. The topological polar surface area (TPSA) is 60.8 Å². The molecule has 1 aromatic heterocycles. The van der Waals surface area contributed by atoms with Crippen LogP contribution in [-0.2, 0) is 0 Å². The molecule has 0 unspecified atom stereocenters. The highest BCUT2D eigenvalue weighted by Crippen LogP contribution is 2.33. The van der Waals surface area contributed by atoms with Gasteiger partial charge in [-0.25, -0.2) is 4.98 Å². The first kappa shape index (κ1) is 17.4. The number of thiocarbonyl (C=S) groups is 1. The zero-order valence-corrected chi connectivity index (χ0v) is 15.6. The number of hydrogen-bond acceptors (Lipinski definition) is 4. The van der Waals surface area contributed by atoms with Gasteiger partial charge in [-0.2, -0.15) is 5.10 Å². The maximum atomic E-state index is 9.75. The van der Waals surface area contributed by atoms with Crippen LogP contribution in [0.1, 0.15) is 31.4 Å². The van der Waals surface area contributed by atoms with Crippen LogP contribution in [-0.4, -0.2) is 45.5 Å². The Hall–Kier alpha value is -2.05. The number of hydrazone groups is 1. The number of hydrogen-bond donors (Lipinski definition) is 2. The highest BCUT2D eigenvalue weighted by Gasteiger charge is 2.30. The molecule has 0 spiro atoms. The number of benzene rings is 1. The molecular formula is C20H24N4OS. The van der Waals surface area contributed by atoms with Gasteiger partial charge in [-0.05, 0) is 61.9 Å². The summed E-state index contributed by atoms with van der Waals surface area (Å²) in [4.78, 5) is 6.85. The maximum absolute atomic E-state index is 9.75. The summed E-state index contributed by atoms with van der Waals surface area (Å²) in [6.45, 7) is 1.84. The summed E-state index contributed by atoms with van der Waals surface area (Å²) in [5.74, 6) is 1.49. The minimum absolute atomic E-state index is 0.188. The van der Waals surface area contributed by atoms with Gasteiger partial charge in [0.15, 0.2) is 5.11 Å². The van der Waals surface area contributed by atoms with Crippen molar-refractivity contribution in [3.8, 4) is 0 Å². The molecular weight excluding hydrogens is 344 g/mol. The van der Waals surface area contributed by atoms with E-state index in [2.05, 4.69) is 20.4 Å². The van der Waals surface area contributed by atoms with Gasteiger partial charge in [0.25, 0.3) is 0 Å². The fourth-order valence-electron chi connectivity index (χ4n) is 4.05. The van der Waals surface area contributed by atoms with E-state index in [4.69, 9.17) is 12.2 Å². The third kappa shape index (κ3) is 3.71. The van der Waals surface area contributed by atoms with Gasteiger partial charge >= 0.3 is 0 Å². The van der Waals surface area contributed by atoms with Crippen molar-refractivity contribution < 1.29 is 5.11 Å². The second kappa shape index (κ2) is 7.68. The first-order valence-electron chi connectivity index (χ1n) is 9.31. The summed E-state index contributed by atoms with van der Waals surface area (Å²) in [7, 11) is 0. The lowest BCUT2D eigenvalue weighted by atomic mass is 9.84. The van der Waals surface area contributed by atoms with Gasteiger partial charge in [-0.3, -0.25) is 5.43 Å². The average molecular weight is 369 g/mol. The number of aliphatic hydroxyl groups excluding tert-OH is 1. The lowest BCUT2D eigenvalue weighted by molar-refractivity contribution is 0.326. The van der Waals surface area contributed by atoms with Crippen LogP contribution in [0.15, 0.2) is 41.5 Å². The van der Waals surface area contributed by atoms with Crippen LogP contribution >= 0.6 is 12.2 Å². The Balaban J connectivity index is 1.49. The molecule has 2 aliphatic heterocycles. The normalized spacial score (nSPS) is 23.1. The predicted molar refractivity (Wildman–Crippen MR) is 108 cm³/mol. The molecule has 5 rings (SSSR count). The van der Waals surface area contributed by atoms with Crippen LogP contribution in [0.25, 0.3) is 10.9 Å². The SMILES string of the molecule is OC/C(=N/NC(=S)N1CC2CCC(CC2)C1)c1ccc2ccccc2n1. The Morgan fingerprint density at radius 2 is 1.81 bits per heavy atom. The summed E-state index contributed by atoms with van der Waals surface area (Å²) in [5, 5.41) is 15.8. The number of fused-ring (bicyclic) bond motifs is 5. The molecule has 0 radical (unpaired) electrons. The second-order valence-corrected chi connectivity index (χ2v) is 7.70.